The van der Waals surface area contributed by atoms with Crippen LogP contribution in [0.5, 0.6) is 17.2 Å². The summed E-state index contributed by atoms with van der Waals surface area (Å²) in [4.78, 5) is 11.3. The van der Waals surface area contributed by atoms with Crippen LogP contribution >= 0.6 is 15.9 Å². The second-order valence-corrected chi connectivity index (χ2v) is 4.82. The largest absolute Gasteiger partial charge is 0.493 e. The number of esters is 1. The van der Waals surface area contributed by atoms with Crippen LogP contribution in [0.25, 0.3) is 10.8 Å². The summed E-state index contributed by atoms with van der Waals surface area (Å²) >= 11 is 3.40. The van der Waals surface area contributed by atoms with Crippen molar-refractivity contribution in [2.45, 2.75) is 6.92 Å². The molecule has 0 saturated carbocycles. The number of hydrogen-bond donors (Lipinski definition) is 0. The first-order valence-electron chi connectivity index (χ1n) is 5.59. The Morgan fingerprint density at radius 1 is 1.11 bits per heavy atom. The highest BCUT2D eigenvalue weighted by Crippen LogP contribution is 2.44. The van der Waals surface area contributed by atoms with E-state index in [2.05, 4.69) is 15.9 Å². The third-order valence-electron chi connectivity index (χ3n) is 2.65. The monoisotopic (exact) mass is 324 g/mol. The van der Waals surface area contributed by atoms with E-state index in [9.17, 15) is 4.79 Å². The van der Waals surface area contributed by atoms with Crippen molar-refractivity contribution in [3.63, 3.8) is 0 Å². The van der Waals surface area contributed by atoms with Gasteiger partial charge in [0.05, 0.1) is 14.2 Å². The Kier molecular flexibility index (Phi) is 3.95. The molecule has 0 atom stereocenters. The summed E-state index contributed by atoms with van der Waals surface area (Å²) in [5, 5.41) is 1.68. The maximum absolute atomic E-state index is 11.3. The molecule has 0 aliphatic heterocycles. The van der Waals surface area contributed by atoms with E-state index in [0.717, 1.165) is 15.2 Å². The number of hydrogen-bond acceptors (Lipinski definition) is 4. The van der Waals surface area contributed by atoms with Crippen molar-refractivity contribution in [1.29, 1.82) is 0 Å². The molecule has 0 heterocycles. The predicted molar refractivity (Wildman–Crippen MR) is 76.1 cm³/mol. The summed E-state index contributed by atoms with van der Waals surface area (Å²) < 4.78 is 16.7. The first kappa shape index (κ1) is 13.7. The lowest BCUT2D eigenvalue weighted by Crippen LogP contribution is -2.04. The molecule has 0 saturated heterocycles. The molecule has 0 aliphatic rings. The van der Waals surface area contributed by atoms with Crippen molar-refractivity contribution in [2.24, 2.45) is 0 Å². The molecule has 0 spiro atoms. The van der Waals surface area contributed by atoms with E-state index in [-0.39, 0.29) is 0 Å². The first-order valence-corrected chi connectivity index (χ1v) is 6.38. The lowest BCUT2D eigenvalue weighted by Gasteiger charge is -2.15. The van der Waals surface area contributed by atoms with E-state index < -0.39 is 5.97 Å². The van der Waals surface area contributed by atoms with Gasteiger partial charge in [-0.2, -0.15) is 0 Å². The third-order valence-corrected chi connectivity index (χ3v) is 3.14. The molecule has 0 N–H and O–H groups in total. The van der Waals surface area contributed by atoms with E-state index in [0.29, 0.717) is 17.2 Å². The molecule has 0 bridgehead atoms. The Morgan fingerprint density at radius 2 is 1.84 bits per heavy atom. The third kappa shape index (κ3) is 2.66. The number of carbonyl (C=O) groups is 1. The van der Waals surface area contributed by atoms with Crippen molar-refractivity contribution in [2.75, 3.05) is 14.2 Å². The van der Waals surface area contributed by atoms with Crippen LogP contribution in [0.4, 0.5) is 0 Å². The normalized spacial score (nSPS) is 10.3. The van der Waals surface area contributed by atoms with Crippen molar-refractivity contribution in [3.8, 4) is 17.2 Å². The van der Waals surface area contributed by atoms with Gasteiger partial charge in [0.25, 0.3) is 0 Å². The number of benzene rings is 2. The number of rotatable bonds is 3. The molecule has 2 aromatic carbocycles. The summed E-state index contributed by atoms with van der Waals surface area (Å²) in [6, 6.07) is 7.53. The quantitative estimate of drug-likeness (QED) is 0.639. The molecule has 5 heteroatoms. The topological polar surface area (TPSA) is 44.8 Å². The smallest absolute Gasteiger partial charge is 0.308 e. The van der Waals surface area contributed by atoms with Gasteiger partial charge in [-0.1, -0.05) is 22.0 Å². The molecule has 2 aromatic rings. The molecule has 0 fully saturated rings. The molecule has 100 valence electrons. The Hall–Kier alpha value is -1.75. The fourth-order valence-electron chi connectivity index (χ4n) is 1.88. The van der Waals surface area contributed by atoms with E-state index in [1.165, 1.54) is 14.0 Å². The van der Waals surface area contributed by atoms with Gasteiger partial charge in [-0.15, -0.1) is 0 Å². The first-order chi connectivity index (χ1) is 9.06. The van der Waals surface area contributed by atoms with Gasteiger partial charge >= 0.3 is 5.97 Å². The van der Waals surface area contributed by atoms with Crippen molar-refractivity contribution in [3.05, 3.63) is 28.7 Å². The molecular weight excluding hydrogens is 312 g/mol. The Morgan fingerprint density at radius 3 is 2.42 bits per heavy atom. The van der Waals surface area contributed by atoms with E-state index in [1.54, 1.807) is 7.11 Å². The van der Waals surface area contributed by atoms with Crippen molar-refractivity contribution in [1.82, 2.24) is 0 Å². The van der Waals surface area contributed by atoms with Gasteiger partial charge in [0, 0.05) is 16.8 Å². The molecular formula is C14H13BrO4. The highest BCUT2D eigenvalue weighted by Gasteiger charge is 2.18. The lowest BCUT2D eigenvalue weighted by atomic mass is 10.1. The fourth-order valence-corrected chi connectivity index (χ4v) is 2.24. The minimum Gasteiger partial charge on any atom is -0.493 e. The zero-order valence-corrected chi connectivity index (χ0v) is 12.4. The summed E-state index contributed by atoms with van der Waals surface area (Å²) in [6.07, 6.45) is 0. The predicted octanol–water partition coefficient (Wildman–Crippen LogP) is 3.54. The Balaban J connectivity index is 2.81. The van der Waals surface area contributed by atoms with Crippen LogP contribution in [0.2, 0.25) is 0 Å². The molecule has 0 unspecified atom stereocenters. The van der Waals surface area contributed by atoms with Crippen LogP contribution in [0.3, 0.4) is 0 Å². The highest BCUT2D eigenvalue weighted by atomic mass is 79.9. The van der Waals surface area contributed by atoms with Crippen molar-refractivity contribution >= 4 is 32.7 Å². The minimum atomic E-state index is -0.409. The van der Waals surface area contributed by atoms with E-state index >= 15 is 0 Å². The number of fused-ring (bicyclic) bond motifs is 1. The van der Waals surface area contributed by atoms with Crippen LogP contribution in [0.15, 0.2) is 28.7 Å². The second-order valence-electron chi connectivity index (χ2n) is 3.90. The Labute approximate surface area is 119 Å². The van der Waals surface area contributed by atoms with Crippen LogP contribution in [-0.4, -0.2) is 20.2 Å². The zero-order chi connectivity index (χ0) is 14.0. The van der Waals surface area contributed by atoms with Crippen LogP contribution < -0.4 is 14.2 Å². The standard InChI is InChI=1S/C14H13BrO4/c1-8(16)19-13-11-7-10(15)5-4-9(11)6-12(17-2)14(13)18-3/h4-7H,1-3H3. The molecule has 0 radical (unpaired) electrons. The van der Waals surface area contributed by atoms with E-state index in [4.69, 9.17) is 14.2 Å². The van der Waals surface area contributed by atoms with Gasteiger partial charge in [0.15, 0.2) is 11.5 Å². The number of halogens is 1. The van der Waals surface area contributed by atoms with Gasteiger partial charge in [-0.05, 0) is 23.6 Å². The van der Waals surface area contributed by atoms with Gasteiger partial charge in [-0.3, -0.25) is 4.79 Å². The summed E-state index contributed by atoms with van der Waals surface area (Å²) in [7, 11) is 3.05. The number of methoxy groups -OCH3 is 2. The molecule has 0 aliphatic carbocycles. The maximum Gasteiger partial charge on any atom is 0.308 e. The zero-order valence-electron chi connectivity index (χ0n) is 10.8. The van der Waals surface area contributed by atoms with Crippen LogP contribution in [-0.2, 0) is 4.79 Å². The Bertz CT molecular complexity index is 637. The van der Waals surface area contributed by atoms with Crippen molar-refractivity contribution < 1.29 is 19.0 Å². The van der Waals surface area contributed by atoms with Gasteiger partial charge in [-0.25, -0.2) is 0 Å². The minimum absolute atomic E-state index is 0.366. The highest BCUT2D eigenvalue weighted by molar-refractivity contribution is 9.10. The lowest BCUT2D eigenvalue weighted by molar-refractivity contribution is -0.131. The average Bonchev–Trinajstić information content (AvgIpc) is 2.38. The number of ether oxygens (including phenoxy) is 3. The molecule has 2 rings (SSSR count). The number of carbonyl (C=O) groups excluding carboxylic acids is 1. The van der Waals surface area contributed by atoms with Crippen LogP contribution in [0, 0.1) is 0 Å². The van der Waals surface area contributed by atoms with Gasteiger partial charge in [0.2, 0.25) is 5.75 Å². The van der Waals surface area contributed by atoms with Gasteiger partial charge in [0.1, 0.15) is 0 Å². The molecule has 0 amide bonds. The average molecular weight is 325 g/mol. The molecule has 19 heavy (non-hydrogen) atoms. The maximum atomic E-state index is 11.3. The fraction of sp³-hybridized carbons (Fsp3) is 0.214. The van der Waals surface area contributed by atoms with Crippen LogP contribution in [0.1, 0.15) is 6.92 Å². The second kappa shape index (κ2) is 5.48. The molecule has 4 nitrogen and oxygen atoms in total. The molecule has 0 aromatic heterocycles. The summed E-state index contributed by atoms with van der Waals surface area (Å²) in [6.45, 7) is 1.35. The summed E-state index contributed by atoms with van der Waals surface area (Å²) in [5.74, 6) is 0.885. The van der Waals surface area contributed by atoms with Gasteiger partial charge < -0.3 is 14.2 Å². The van der Waals surface area contributed by atoms with E-state index in [1.807, 2.05) is 24.3 Å². The summed E-state index contributed by atoms with van der Waals surface area (Å²) in [5.41, 5.74) is 0. The SMILES string of the molecule is COc1cc2ccc(Br)cc2c(OC(C)=O)c1OC.